The Labute approximate surface area is 195 Å². The first-order valence-electron chi connectivity index (χ1n) is 11.9. The van der Waals surface area contributed by atoms with Crippen LogP contribution in [0.4, 0.5) is 5.69 Å². The molecule has 2 N–H and O–H groups in total. The number of para-hydroxylation sites is 1. The molecule has 1 fully saturated rings. The lowest BCUT2D eigenvalue weighted by atomic mass is 10.0. The molecular weight excluding hydrogens is 412 g/mol. The zero-order chi connectivity index (χ0) is 23.0. The number of carbonyl (C=O) groups excluding carboxylic acids is 2. The van der Waals surface area contributed by atoms with E-state index in [1.54, 1.807) is 0 Å². The minimum Gasteiger partial charge on any atom is -0.352 e. The molecule has 4 rings (SSSR count). The van der Waals surface area contributed by atoms with Crippen molar-refractivity contribution in [3.8, 4) is 11.3 Å². The van der Waals surface area contributed by atoms with Crippen molar-refractivity contribution >= 4 is 28.4 Å². The number of amides is 2. The fourth-order valence-corrected chi connectivity index (χ4v) is 4.27. The van der Waals surface area contributed by atoms with Gasteiger partial charge in [0.25, 0.3) is 5.91 Å². The van der Waals surface area contributed by atoms with E-state index < -0.39 is 0 Å². The molecule has 0 radical (unpaired) electrons. The number of nitrogens with zero attached hydrogens (tertiary/aromatic N) is 2. The number of likely N-dealkylation sites (tertiary alicyclic amines) is 1. The van der Waals surface area contributed by atoms with E-state index in [1.807, 2.05) is 61.5 Å². The van der Waals surface area contributed by atoms with Crippen molar-refractivity contribution < 1.29 is 9.59 Å². The van der Waals surface area contributed by atoms with Crippen molar-refractivity contribution in [1.82, 2.24) is 15.2 Å². The Morgan fingerprint density at radius 3 is 2.52 bits per heavy atom. The lowest BCUT2D eigenvalue weighted by Crippen LogP contribution is -2.33. The van der Waals surface area contributed by atoms with Crippen LogP contribution >= 0.6 is 0 Å². The van der Waals surface area contributed by atoms with E-state index in [2.05, 4.69) is 15.5 Å². The van der Waals surface area contributed by atoms with E-state index >= 15 is 0 Å². The van der Waals surface area contributed by atoms with Crippen molar-refractivity contribution in [1.29, 1.82) is 0 Å². The van der Waals surface area contributed by atoms with Crippen LogP contribution in [0, 0.1) is 0 Å². The van der Waals surface area contributed by atoms with Crippen LogP contribution in [0.25, 0.3) is 22.2 Å². The Morgan fingerprint density at radius 2 is 1.76 bits per heavy atom. The van der Waals surface area contributed by atoms with Crippen molar-refractivity contribution in [2.24, 2.45) is 0 Å². The number of rotatable bonds is 8. The van der Waals surface area contributed by atoms with Gasteiger partial charge in [0.1, 0.15) is 0 Å². The van der Waals surface area contributed by atoms with Gasteiger partial charge in [0.05, 0.1) is 16.8 Å². The quantitative estimate of drug-likeness (QED) is 0.487. The molecule has 0 atom stereocenters. The standard InChI is InChI=1S/C27H32N4O2/c1-2-26(32)29-21-13-11-20(12-14-21)25-19-23(22-9-4-5-10-24(22)30-25)27(33)28-15-8-18-31-16-6-3-7-17-31/h4-5,9-14,19H,2-3,6-8,15-18H2,1H3,(H,28,33)(H,29,32). The topological polar surface area (TPSA) is 74.3 Å². The molecule has 0 aliphatic carbocycles. The number of anilines is 1. The highest BCUT2D eigenvalue weighted by atomic mass is 16.2. The van der Waals surface area contributed by atoms with Gasteiger partial charge in [0.2, 0.25) is 5.91 Å². The third-order valence-corrected chi connectivity index (χ3v) is 6.13. The van der Waals surface area contributed by atoms with Crippen LogP contribution in [0.15, 0.2) is 54.6 Å². The number of nitrogens with one attached hydrogen (secondary N) is 2. The van der Waals surface area contributed by atoms with Gasteiger partial charge in [-0.2, -0.15) is 0 Å². The Hall–Kier alpha value is -3.25. The largest absolute Gasteiger partial charge is 0.352 e. The first-order chi connectivity index (χ1) is 16.1. The smallest absolute Gasteiger partial charge is 0.252 e. The van der Waals surface area contributed by atoms with E-state index in [-0.39, 0.29) is 11.8 Å². The van der Waals surface area contributed by atoms with E-state index in [9.17, 15) is 9.59 Å². The molecule has 0 unspecified atom stereocenters. The average molecular weight is 445 g/mol. The third kappa shape index (κ3) is 5.96. The summed E-state index contributed by atoms with van der Waals surface area (Å²) in [5.74, 6) is -0.0915. The van der Waals surface area contributed by atoms with Gasteiger partial charge < -0.3 is 15.5 Å². The number of piperidine rings is 1. The number of pyridine rings is 1. The normalized spacial score (nSPS) is 14.2. The summed E-state index contributed by atoms with van der Waals surface area (Å²) in [5.41, 5.74) is 3.81. The fraction of sp³-hybridized carbons (Fsp3) is 0.370. The summed E-state index contributed by atoms with van der Waals surface area (Å²) >= 11 is 0. The number of hydrogen-bond acceptors (Lipinski definition) is 4. The second-order valence-electron chi connectivity index (χ2n) is 8.56. The van der Waals surface area contributed by atoms with Crippen molar-refractivity contribution in [3.05, 3.63) is 60.2 Å². The van der Waals surface area contributed by atoms with Gasteiger partial charge in [-0.15, -0.1) is 0 Å². The Morgan fingerprint density at radius 1 is 1.00 bits per heavy atom. The molecule has 1 saturated heterocycles. The van der Waals surface area contributed by atoms with Crippen molar-refractivity contribution in [3.63, 3.8) is 0 Å². The van der Waals surface area contributed by atoms with Crippen LogP contribution in [0.3, 0.4) is 0 Å². The van der Waals surface area contributed by atoms with Gasteiger partial charge in [-0.1, -0.05) is 43.7 Å². The molecule has 2 aromatic carbocycles. The number of carbonyl (C=O) groups is 2. The van der Waals surface area contributed by atoms with Crippen LogP contribution in [0.2, 0.25) is 0 Å². The van der Waals surface area contributed by atoms with E-state index in [0.717, 1.165) is 40.8 Å². The summed E-state index contributed by atoms with van der Waals surface area (Å²) in [4.78, 5) is 32.0. The summed E-state index contributed by atoms with van der Waals surface area (Å²) < 4.78 is 0. The van der Waals surface area contributed by atoms with Crippen molar-refractivity contribution in [2.75, 3.05) is 31.5 Å². The zero-order valence-corrected chi connectivity index (χ0v) is 19.3. The van der Waals surface area contributed by atoms with E-state index in [0.29, 0.717) is 18.5 Å². The van der Waals surface area contributed by atoms with Crippen LogP contribution < -0.4 is 10.6 Å². The molecule has 2 heterocycles. The first kappa shape index (κ1) is 22.9. The molecule has 1 aliphatic heterocycles. The zero-order valence-electron chi connectivity index (χ0n) is 19.3. The molecule has 0 bridgehead atoms. The molecule has 0 saturated carbocycles. The summed E-state index contributed by atoms with van der Waals surface area (Å²) in [6.45, 7) is 5.86. The Kier molecular flexibility index (Phi) is 7.68. The monoisotopic (exact) mass is 444 g/mol. The number of fused-ring (bicyclic) bond motifs is 1. The summed E-state index contributed by atoms with van der Waals surface area (Å²) in [7, 11) is 0. The molecular formula is C27H32N4O2. The van der Waals surface area contributed by atoms with Gasteiger partial charge >= 0.3 is 0 Å². The predicted molar refractivity (Wildman–Crippen MR) is 133 cm³/mol. The number of hydrogen-bond donors (Lipinski definition) is 2. The molecule has 1 aliphatic rings. The summed E-state index contributed by atoms with van der Waals surface area (Å²) in [6.07, 6.45) is 5.28. The lowest BCUT2D eigenvalue weighted by molar-refractivity contribution is -0.115. The second-order valence-corrected chi connectivity index (χ2v) is 8.56. The highest BCUT2D eigenvalue weighted by molar-refractivity contribution is 6.07. The van der Waals surface area contributed by atoms with E-state index in [1.165, 1.54) is 32.4 Å². The minimum atomic E-state index is -0.0691. The minimum absolute atomic E-state index is 0.0224. The predicted octanol–water partition coefficient (Wildman–Crippen LogP) is 4.86. The average Bonchev–Trinajstić information content (AvgIpc) is 2.86. The van der Waals surface area contributed by atoms with Crippen LogP contribution in [0.1, 0.15) is 49.4 Å². The molecule has 3 aromatic rings. The molecule has 6 nitrogen and oxygen atoms in total. The molecule has 33 heavy (non-hydrogen) atoms. The molecule has 0 spiro atoms. The highest BCUT2D eigenvalue weighted by Gasteiger charge is 2.15. The number of benzene rings is 2. The Balaban J connectivity index is 1.49. The third-order valence-electron chi connectivity index (χ3n) is 6.13. The fourth-order valence-electron chi connectivity index (χ4n) is 4.27. The van der Waals surface area contributed by atoms with Crippen molar-refractivity contribution in [2.45, 2.75) is 39.0 Å². The van der Waals surface area contributed by atoms with Crippen LogP contribution in [0.5, 0.6) is 0 Å². The van der Waals surface area contributed by atoms with E-state index in [4.69, 9.17) is 4.98 Å². The maximum atomic E-state index is 13.1. The molecule has 1 aromatic heterocycles. The van der Waals surface area contributed by atoms with Gasteiger partial charge in [-0.25, -0.2) is 4.98 Å². The molecule has 172 valence electrons. The SMILES string of the molecule is CCC(=O)Nc1ccc(-c2cc(C(=O)NCCCN3CCCCC3)c3ccccc3n2)cc1. The summed E-state index contributed by atoms with van der Waals surface area (Å²) in [6, 6.07) is 17.2. The second kappa shape index (κ2) is 11.1. The van der Waals surface area contributed by atoms with Crippen LogP contribution in [-0.2, 0) is 4.79 Å². The van der Waals surface area contributed by atoms with Gasteiger partial charge in [-0.05, 0) is 63.2 Å². The van der Waals surface area contributed by atoms with Gasteiger partial charge in [0.15, 0.2) is 0 Å². The molecule has 6 heteroatoms. The lowest BCUT2D eigenvalue weighted by Gasteiger charge is -2.26. The Bertz CT molecular complexity index is 1100. The van der Waals surface area contributed by atoms with Gasteiger partial charge in [-0.3, -0.25) is 9.59 Å². The van der Waals surface area contributed by atoms with Crippen LogP contribution in [-0.4, -0.2) is 47.9 Å². The maximum Gasteiger partial charge on any atom is 0.252 e. The van der Waals surface area contributed by atoms with Gasteiger partial charge in [0, 0.05) is 29.6 Å². The number of aromatic nitrogens is 1. The summed E-state index contributed by atoms with van der Waals surface area (Å²) in [5, 5.41) is 6.81. The first-order valence-corrected chi connectivity index (χ1v) is 11.9. The molecule has 2 amide bonds. The maximum absolute atomic E-state index is 13.1. The highest BCUT2D eigenvalue weighted by Crippen LogP contribution is 2.26.